The molecule has 1 aromatic heterocycles. The Balaban J connectivity index is 1.40. The predicted molar refractivity (Wildman–Crippen MR) is 110 cm³/mol. The third-order valence-electron chi connectivity index (χ3n) is 4.41. The molecular weight excluding hydrogens is 380 g/mol. The highest BCUT2D eigenvalue weighted by molar-refractivity contribution is 8.19. The zero-order chi connectivity index (χ0) is 18.8. The van der Waals surface area contributed by atoms with Gasteiger partial charge < -0.3 is 4.42 Å². The van der Waals surface area contributed by atoms with Crippen LogP contribution >= 0.6 is 23.5 Å². The van der Waals surface area contributed by atoms with Crippen LogP contribution in [0.4, 0.5) is 0 Å². The van der Waals surface area contributed by atoms with Crippen LogP contribution in [0.3, 0.4) is 0 Å². The molecule has 138 valence electrons. The molecule has 0 atom stereocenters. The Labute approximate surface area is 165 Å². The van der Waals surface area contributed by atoms with Crippen LogP contribution in [0.2, 0.25) is 0 Å². The lowest BCUT2D eigenvalue weighted by Crippen LogP contribution is -2.41. The van der Waals surface area contributed by atoms with Crippen molar-refractivity contribution >= 4 is 46.3 Å². The van der Waals surface area contributed by atoms with Crippen molar-refractivity contribution in [2.24, 2.45) is 0 Å². The molecule has 2 aromatic carbocycles. The predicted octanol–water partition coefficient (Wildman–Crippen LogP) is 4.29. The Kier molecular flexibility index (Phi) is 5.13. The first-order chi connectivity index (χ1) is 13.1. The van der Waals surface area contributed by atoms with Crippen LogP contribution in [0.1, 0.15) is 36.6 Å². The maximum atomic E-state index is 12.4. The van der Waals surface area contributed by atoms with Crippen molar-refractivity contribution in [3.05, 3.63) is 71.0 Å². The second-order valence-electron chi connectivity index (χ2n) is 6.16. The van der Waals surface area contributed by atoms with E-state index in [9.17, 15) is 9.59 Å². The monoisotopic (exact) mass is 398 g/mol. The lowest BCUT2D eigenvalue weighted by Gasteiger charge is -2.10. The number of carbonyl (C=O) groups excluding carboxylic acids is 2. The molecule has 5 nitrogen and oxygen atoms in total. The minimum Gasteiger partial charge on any atom is -0.451 e. The van der Waals surface area contributed by atoms with Crippen molar-refractivity contribution in [2.45, 2.75) is 11.5 Å². The zero-order valence-corrected chi connectivity index (χ0v) is 16.3. The number of rotatable bonds is 3. The van der Waals surface area contributed by atoms with Gasteiger partial charge in [-0.1, -0.05) is 30.3 Å². The van der Waals surface area contributed by atoms with E-state index >= 15 is 0 Å². The number of para-hydroxylation sites is 1. The summed E-state index contributed by atoms with van der Waals surface area (Å²) in [6.45, 7) is 1.82. The molecule has 0 aliphatic carbocycles. The molecule has 4 rings (SSSR count). The SMILES string of the molecule is Cc1c(C(=O)NNC(=O)c2ccc(C3SCCS3)cc2)oc2ccccc12. The number of furan rings is 1. The highest BCUT2D eigenvalue weighted by Gasteiger charge is 2.20. The van der Waals surface area contributed by atoms with Gasteiger partial charge in [0.25, 0.3) is 5.91 Å². The minimum absolute atomic E-state index is 0.196. The molecule has 0 bridgehead atoms. The van der Waals surface area contributed by atoms with Crippen molar-refractivity contribution in [1.29, 1.82) is 0 Å². The van der Waals surface area contributed by atoms with E-state index in [2.05, 4.69) is 10.9 Å². The number of thioether (sulfide) groups is 2. The minimum atomic E-state index is -0.479. The lowest BCUT2D eigenvalue weighted by atomic mass is 10.1. The summed E-state index contributed by atoms with van der Waals surface area (Å²) in [6, 6.07) is 14.9. The van der Waals surface area contributed by atoms with Crippen LogP contribution in [-0.2, 0) is 0 Å². The number of hydrazine groups is 1. The number of aryl methyl sites for hydroxylation is 1. The number of fused-ring (bicyclic) bond motifs is 1. The van der Waals surface area contributed by atoms with Crippen molar-refractivity contribution in [3.8, 4) is 0 Å². The Morgan fingerprint density at radius 1 is 0.963 bits per heavy atom. The summed E-state index contributed by atoms with van der Waals surface area (Å²) in [5.74, 6) is 1.67. The van der Waals surface area contributed by atoms with Gasteiger partial charge in [0.05, 0.1) is 4.58 Å². The molecule has 0 radical (unpaired) electrons. The maximum absolute atomic E-state index is 12.4. The van der Waals surface area contributed by atoms with Gasteiger partial charge >= 0.3 is 5.91 Å². The van der Waals surface area contributed by atoms with Gasteiger partial charge in [0.1, 0.15) is 5.58 Å². The number of nitrogens with one attached hydrogen (secondary N) is 2. The van der Waals surface area contributed by atoms with E-state index < -0.39 is 5.91 Å². The largest absolute Gasteiger partial charge is 0.451 e. The van der Waals surface area contributed by atoms with Gasteiger partial charge in [-0.2, -0.15) is 0 Å². The second-order valence-corrected chi connectivity index (χ2v) is 8.88. The summed E-state index contributed by atoms with van der Waals surface area (Å²) >= 11 is 3.84. The molecule has 0 spiro atoms. The van der Waals surface area contributed by atoms with Gasteiger partial charge in [0.2, 0.25) is 0 Å². The summed E-state index contributed by atoms with van der Waals surface area (Å²) < 4.78 is 6.05. The number of hydrogen-bond donors (Lipinski definition) is 2. The lowest BCUT2D eigenvalue weighted by molar-refractivity contribution is 0.0831. The second kappa shape index (κ2) is 7.70. The van der Waals surface area contributed by atoms with Gasteiger partial charge in [-0.25, -0.2) is 0 Å². The number of carbonyl (C=O) groups is 2. The van der Waals surface area contributed by atoms with Crippen LogP contribution in [0.15, 0.2) is 52.9 Å². The quantitative estimate of drug-likeness (QED) is 0.644. The van der Waals surface area contributed by atoms with Gasteiger partial charge in [0.15, 0.2) is 5.76 Å². The summed E-state index contributed by atoms with van der Waals surface area (Å²) in [7, 11) is 0. The fourth-order valence-corrected chi connectivity index (χ4v) is 5.84. The van der Waals surface area contributed by atoms with Crippen LogP contribution in [-0.4, -0.2) is 23.3 Å². The highest BCUT2D eigenvalue weighted by atomic mass is 32.2. The molecule has 0 unspecified atom stereocenters. The summed E-state index contributed by atoms with van der Waals surface area (Å²) in [6.07, 6.45) is 0. The molecule has 0 saturated carbocycles. The average molecular weight is 399 g/mol. The van der Waals surface area contributed by atoms with E-state index in [0.29, 0.717) is 15.7 Å². The van der Waals surface area contributed by atoms with Crippen LogP contribution in [0, 0.1) is 6.92 Å². The first kappa shape index (κ1) is 18.0. The number of hydrogen-bond acceptors (Lipinski definition) is 5. The van der Waals surface area contributed by atoms with E-state index in [1.165, 1.54) is 5.56 Å². The average Bonchev–Trinajstić information content (AvgIpc) is 3.35. The molecule has 1 fully saturated rings. The Morgan fingerprint density at radius 2 is 1.63 bits per heavy atom. The summed E-state index contributed by atoms with van der Waals surface area (Å²) in [5.41, 5.74) is 7.97. The third-order valence-corrected chi connectivity index (χ3v) is 7.51. The van der Waals surface area contributed by atoms with E-state index in [1.54, 1.807) is 18.2 Å². The maximum Gasteiger partial charge on any atom is 0.305 e. The molecule has 3 aromatic rings. The number of amides is 2. The molecular formula is C20H18N2O3S2. The molecule has 1 aliphatic rings. The van der Waals surface area contributed by atoms with Gasteiger partial charge in [-0.15, -0.1) is 23.5 Å². The topological polar surface area (TPSA) is 71.3 Å². The van der Waals surface area contributed by atoms with E-state index in [-0.39, 0.29) is 11.7 Å². The summed E-state index contributed by atoms with van der Waals surface area (Å²) in [4.78, 5) is 24.7. The molecule has 2 amide bonds. The first-order valence-corrected chi connectivity index (χ1v) is 10.7. The Morgan fingerprint density at radius 3 is 2.33 bits per heavy atom. The first-order valence-electron chi connectivity index (χ1n) is 8.55. The number of benzene rings is 2. The smallest absolute Gasteiger partial charge is 0.305 e. The van der Waals surface area contributed by atoms with Crippen molar-refractivity contribution in [2.75, 3.05) is 11.5 Å². The normalized spacial score (nSPS) is 14.4. The molecule has 2 heterocycles. The van der Waals surface area contributed by atoms with Crippen LogP contribution in [0.5, 0.6) is 0 Å². The van der Waals surface area contributed by atoms with E-state index in [4.69, 9.17) is 4.42 Å². The Hall–Kier alpha value is -2.38. The summed E-state index contributed by atoms with van der Waals surface area (Å²) in [5, 5.41) is 0.882. The zero-order valence-electron chi connectivity index (χ0n) is 14.7. The fraction of sp³-hybridized carbons (Fsp3) is 0.200. The molecule has 7 heteroatoms. The molecule has 27 heavy (non-hydrogen) atoms. The molecule has 1 saturated heterocycles. The van der Waals surface area contributed by atoms with Crippen LogP contribution in [0.25, 0.3) is 11.0 Å². The van der Waals surface area contributed by atoms with Crippen molar-refractivity contribution in [1.82, 2.24) is 10.9 Å². The fourth-order valence-electron chi connectivity index (χ4n) is 2.98. The van der Waals surface area contributed by atoms with Crippen molar-refractivity contribution in [3.63, 3.8) is 0 Å². The van der Waals surface area contributed by atoms with Gasteiger partial charge in [0, 0.05) is 28.0 Å². The van der Waals surface area contributed by atoms with E-state index in [0.717, 1.165) is 22.5 Å². The van der Waals surface area contributed by atoms with Gasteiger partial charge in [-0.3, -0.25) is 20.4 Å². The molecule has 1 aliphatic heterocycles. The molecule has 2 N–H and O–H groups in total. The standard InChI is InChI=1S/C20H18N2O3S2/c1-12-15-4-2-3-5-16(15)25-17(12)19(24)22-21-18(23)13-6-8-14(9-7-13)20-26-10-11-27-20/h2-9,20H,10-11H2,1H3,(H,21,23)(H,22,24). The van der Waals surface area contributed by atoms with E-state index in [1.807, 2.05) is 60.8 Å². The highest BCUT2D eigenvalue weighted by Crippen LogP contribution is 2.45. The third kappa shape index (κ3) is 3.70. The van der Waals surface area contributed by atoms with Crippen LogP contribution < -0.4 is 10.9 Å². The Bertz CT molecular complexity index is 992. The van der Waals surface area contributed by atoms with Gasteiger partial charge in [-0.05, 0) is 30.7 Å². The van der Waals surface area contributed by atoms with Crippen molar-refractivity contribution < 1.29 is 14.0 Å².